The molecule has 1 saturated heterocycles. The Kier molecular flexibility index (Phi) is 5.36. The maximum absolute atomic E-state index is 12.4. The van der Waals surface area contributed by atoms with Crippen LogP contribution in [0.4, 0.5) is 5.82 Å². The summed E-state index contributed by atoms with van der Waals surface area (Å²) in [4.78, 5) is 12.4. The largest absolute Gasteiger partial charge is 0.384 e. The smallest absolute Gasteiger partial charge is 0.254 e. The van der Waals surface area contributed by atoms with Crippen LogP contribution in [0.2, 0.25) is 0 Å². The second-order valence-electron chi connectivity index (χ2n) is 5.86. The van der Waals surface area contributed by atoms with Gasteiger partial charge in [-0.3, -0.25) is 9.48 Å². The van der Waals surface area contributed by atoms with E-state index in [1.165, 1.54) is 0 Å². The van der Waals surface area contributed by atoms with Crippen molar-refractivity contribution in [2.45, 2.75) is 32.8 Å². The van der Waals surface area contributed by atoms with Gasteiger partial charge in [0, 0.05) is 33.3 Å². The van der Waals surface area contributed by atoms with Crippen molar-refractivity contribution < 1.29 is 14.3 Å². The van der Waals surface area contributed by atoms with Crippen molar-refractivity contribution in [2.24, 2.45) is 18.9 Å². The zero-order valence-electron chi connectivity index (χ0n) is 13.3. The fourth-order valence-corrected chi connectivity index (χ4v) is 2.73. The summed E-state index contributed by atoms with van der Waals surface area (Å²) in [6, 6.07) is 1.89. The number of nitrogens with zero attached hydrogens (tertiary/aromatic N) is 2. The first-order chi connectivity index (χ1) is 10.0. The van der Waals surface area contributed by atoms with Crippen LogP contribution >= 0.6 is 0 Å². The van der Waals surface area contributed by atoms with Crippen molar-refractivity contribution in [1.29, 1.82) is 0 Å². The summed E-state index contributed by atoms with van der Waals surface area (Å²) in [5.74, 6) is 1.34. The zero-order chi connectivity index (χ0) is 15.4. The van der Waals surface area contributed by atoms with E-state index < -0.39 is 0 Å². The van der Waals surface area contributed by atoms with E-state index in [0.717, 1.165) is 18.5 Å². The van der Waals surface area contributed by atoms with Crippen LogP contribution in [-0.2, 0) is 27.7 Å². The molecule has 0 unspecified atom stereocenters. The fraction of sp³-hybridized carbons (Fsp3) is 0.733. The van der Waals surface area contributed by atoms with E-state index in [9.17, 15) is 4.79 Å². The Balaban J connectivity index is 2.00. The molecule has 1 amide bonds. The van der Waals surface area contributed by atoms with Crippen molar-refractivity contribution in [1.82, 2.24) is 9.78 Å². The van der Waals surface area contributed by atoms with Crippen molar-refractivity contribution in [3.8, 4) is 0 Å². The molecule has 1 aromatic heterocycles. The molecule has 2 atom stereocenters. The van der Waals surface area contributed by atoms with E-state index in [0.29, 0.717) is 24.9 Å². The summed E-state index contributed by atoms with van der Waals surface area (Å²) >= 11 is 0. The Bertz CT molecular complexity index is 485. The van der Waals surface area contributed by atoms with E-state index >= 15 is 0 Å². The Hall–Kier alpha value is -1.40. The number of carbonyl (C=O) groups is 1. The van der Waals surface area contributed by atoms with E-state index in [2.05, 4.69) is 24.3 Å². The molecular weight excluding hydrogens is 270 g/mol. The minimum absolute atomic E-state index is 0.0764. The van der Waals surface area contributed by atoms with Crippen LogP contribution < -0.4 is 5.32 Å². The first-order valence-corrected chi connectivity index (χ1v) is 7.47. The number of hydrogen-bond donors (Lipinski definition) is 1. The summed E-state index contributed by atoms with van der Waals surface area (Å²) in [7, 11) is 3.48. The van der Waals surface area contributed by atoms with E-state index in [-0.39, 0.29) is 17.9 Å². The van der Waals surface area contributed by atoms with Crippen molar-refractivity contribution in [2.75, 3.05) is 25.6 Å². The summed E-state index contributed by atoms with van der Waals surface area (Å²) in [6.45, 7) is 5.54. The molecule has 0 spiro atoms. The SMILES string of the molecule is COCCc1cc(NC(=O)[C@@H]2OCC[C@@H]2C(C)C)n(C)n1. The number of aryl methyl sites for hydroxylation is 1. The second-order valence-corrected chi connectivity index (χ2v) is 5.86. The molecule has 0 saturated carbocycles. The average Bonchev–Trinajstić information content (AvgIpc) is 3.04. The summed E-state index contributed by atoms with van der Waals surface area (Å²) in [6.07, 6.45) is 1.32. The van der Waals surface area contributed by atoms with Crippen LogP contribution in [0.5, 0.6) is 0 Å². The van der Waals surface area contributed by atoms with Gasteiger partial charge < -0.3 is 14.8 Å². The Morgan fingerprint density at radius 1 is 1.62 bits per heavy atom. The van der Waals surface area contributed by atoms with Gasteiger partial charge in [-0.1, -0.05) is 13.8 Å². The molecule has 1 aliphatic heterocycles. The van der Waals surface area contributed by atoms with Gasteiger partial charge in [-0.2, -0.15) is 5.10 Å². The molecule has 1 fully saturated rings. The molecule has 0 aromatic carbocycles. The molecule has 0 radical (unpaired) electrons. The highest BCUT2D eigenvalue weighted by molar-refractivity contribution is 5.93. The molecule has 6 nitrogen and oxygen atoms in total. The van der Waals surface area contributed by atoms with Gasteiger partial charge in [-0.15, -0.1) is 0 Å². The minimum Gasteiger partial charge on any atom is -0.384 e. The molecule has 1 N–H and O–H groups in total. The van der Waals surface area contributed by atoms with Crippen LogP contribution in [0.3, 0.4) is 0 Å². The molecule has 1 aliphatic rings. The maximum atomic E-state index is 12.4. The van der Waals surface area contributed by atoms with Crippen molar-refractivity contribution in [3.63, 3.8) is 0 Å². The number of hydrogen-bond acceptors (Lipinski definition) is 4. The quantitative estimate of drug-likeness (QED) is 0.866. The first-order valence-electron chi connectivity index (χ1n) is 7.47. The van der Waals surface area contributed by atoms with Crippen molar-refractivity contribution in [3.05, 3.63) is 11.8 Å². The highest BCUT2D eigenvalue weighted by Crippen LogP contribution is 2.28. The minimum atomic E-state index is -0.359. The monoisotopic (exact) mass is 295 g/mol. The Labute approximate surface area is 125 Å². The molecular formula is C15H25N3O3. The third-order valence-corrected chi connectivity index (χ3v) is 4.00. The molecule has 0 bridgehead atoms. The van der Waals surface area contributed by atoms with Crippen LogP contribution in [0.1, 0.15) is 26.0 Å². The van der Waals surface area contributed by atoms with E-state index in [1.807, 2.05) is 13.1 Å². The van der Waals surface area contributed by atoms with Gasteiger partial charge in [0.25, 0.3) is 5.91 Å². The van der Waals surface area contributed by atoms with Crippen LogP contribution in [0, 0.1) is 11.8 Å². The summed E-state index contributed by atoms with van der Waals surface area (Å²) in [5.41, 5.74) is 0.905. The van der Waals surface area contributed by atoms with Crippen LogP contribution in [0.25, 0.3) is 0 Å². The lowest BCUT2D eigenvalue weighted by Crippen LogP contribution is -2.35. The lowest BCUT2D eigenvalue weighted by molar-refractivity contribution is -0.127. The Morgan fingerprint density at radius 2 is 2.38 bits per heavy atom. The van der Waals surface area contributed by atoms with Gasteiger partial charge in [0.2, 0.25) is 0 Å². The summed E-state index contributed by atoms with van der Waals surface area (Å²) < 4.78 is 12.3. The van der Waals surface area contributed by atoms with Gasteiger partial charge in [0.05, 0.1) is 12.3 Å². The molecule has 0 aliphatic carbocycles. The highest BCUT2D eigenvalue weighted by Gasteiger charge is 2.36. The lowest BCUT2D eigenvalue weighted by atomic mass is 9.89. The number of rotatable bonds is 6. The second kappa shape index (κ2) is 7.04. The molecule has 2 heterocycles. The first kappa shape index (κ1) is 16.0. The van der Waals surface area contributed by atoms with Crippen molar-refractivity contribution >= 4 is 11.7 Å². The topological polar surface area (TPSA) is 65.4 Å². The number of methoxy groups -OCH3 is 1. The van der Waals surface area contributed by atoms with Gasteiger partial charge in [-0.25, -0.2) is 0 Å². The third kappa shape index (κ3) is 3.83. The Morgan fingerprint density at radius 3 is 3.05 bits per heavy atom. The van der Waals surface area contributed by atoms with Gasteiger partial charge in [-0.05, 0) is 18.3 Å². The molecule has 6 heteroatoms. The van der Waals surface area contributed by atoms with Gasteiger partial charge >= 0.3 is 0 Å². The number of nitrogens with one attached hydrogen (secondary N) is 1. The lowest BCUT2D eigenvalue weighted by Gasteiger charge is -2.20. The average molecular weight is 295 g/mol. The number of ether oxygens (including phenoxy) is 2. The summed E-state index contributed by atoms with van der Waals surface area (Å²) in [5, 5.41) is 7.29. The normalized spacial score (nSPS) is 22.0. The highest BCUT2D eigenvalue weighted by atomic mass is 16.5. The number of carbonyl (C=O) groups excluding carboxylic acids is 1. The zero-order valence-corrected chi connectivity index (χ0v) is 13.3. The molecule has 2 rings (SSSR count). The van der Waals surface area contributed by atoms with Crippen LogP contribution in [-0.4, -0.2) is 42.1 Å². The van der Waals surface area contributed by atoms with E-state index in [4.69, 9.17) is 9.47 Å². The van der Waals surface area contributed by atoms with Gasteiger partial charge in [0.15, 0.2) is 0 Å². The van der Waals surface area contributed by atoms with Gasteiger partial charge in [0.1, 0.15) is 11.9 Å². The maximum Gasteiger partial charge on any atom is 0.254 e. The predicted molar refractivity (Wildman–Crippen MR) is 80.1 cm³/mol. The molecule has 118 valence electrons. The van der Waals surface area contributed by atoms with Crippen LogP contribution in [0.15, 0.2) is 6.07 Å². The third-order valence-electron chi connectivity index (χ3n) is 4.00. The molecule has 1 aromatic rings. The standard InChI is InChI=1S/C15H25N3O3/c1-10(2)12-6-8-21-14(12)15(19)16-13-9-11(5-7-20-4)17-18(13)3/h9-10,12,14H,5-8H2,1-4H3,(H,16,19)/t12-,14-/m1/s1. The number of anilines is 1. The van der Waals surface area contributed by atoms with E-state index in [1.54, 1.807) is 11.8 Å². The molecule has 21 heavy (non-hydrogen) atoms. The number of aromatic nitrogens is 2. The fourth-order valence-electron chi connectivity index (χ4n) is 2.73. The number of amides is 1. The predicted octanol–water partition coefficient (Wildman–Crippen LogP) is 1.61.